The maximum absolute atomic E-state index is 6.33. The number of nitrogens with two attached hydrogens (primary N) is 1. The van der Waals surface area contributed by atoms with Crippen LogP contribution in [0.15, 0.2) is 77.9 Å². The second kappa shape index (κ2) is 8.73. The third kappa shape index (κ3) is 3.49. The van der Waals surface area contributed by atoms with Gasteiger partial charge >= 0.3 is 0 Å². The summed E-state index contributed by atoms with van der Waals surface area (Å²) in [5.41, 5.74) is 14.2. The predicted octanol–water partition coefficient (Wildman–Crippen LogP) is 6.23. The number of aliphatic imine (C=N–C) groups is 1. The summed E-state index contributed by atoms with van der Waals surface area (Å²) in [5, 5.41) is 8.81. The lowest BCUT2D eigenvalue weighted by Gasteiger charge is -2.33. The molecule has 0 atom stereocenters. The van der Waals surface area contributed by atoms with Crippen molar-refractivity contribution in [2.45, 2.75) is 26.8 Å². The Morgan fingerprint density at radius 1 is 1.03 bits per heavy atom. The van der Waals surface area contributed by atoms with E-state index in [0.29, 0.717) is 18.0 Å². The second-order valence-electron chi connectivity index (χ2n) is 8.72. The molecule has 0 radical (unpaired) electrons. The molecule has 0 fully saturated rings. The standard InChI is InChI=1S/C28H25N7S/c1-4-19-10-8-9-13-21(19)35-18(3)23-17(2)15-36-28(23)32-22(35)14-34-27-24(26(29)30-16-31-27)25(33-34)20-11-6-5-7-12-20/h5-13,15-16H,3-4,14H2,1-2H3,(H2,29,30,31). The Hall–Kier alpha value is -4.30. The Bertz CT molecular complexity index is 1650. The fourth-order valence-corrected chi connectivity index (χ4v) is 5.75. The van der Waals surface area contributed by atoms with Gasteiger partial charge in [-0.2, -0.15) is 5.10 Å². The molecule has 5 aromatic rings. The predicted molar refractivity (Wildman–Crippen MR) is 149 cm³/mol. The highest BCUT2D eigenvalue weighted by atomic mass is 32.1. The lowest BCUT2D eigenvalue weighted by atomic mass is 10.0. The highest BCUT2D eigenvalue weighted by Crippen LogP contribution is 2.43. The van der Waals surface area contributed by atoms with E-state index in [1.807, 2.05) is 35.0 Å². The minimum atomic E-state index is 0.396. The summed E-state index contributed by atoms with van der Waals surface area (Å²) in [6, 6.07) is 18.4. The summed E-state index contributed by atoms with van der Waals surface area (Å²) in [7, 11) is 0. The number of hydrogen-bond donors (Lipinski definition) is 1. The zero-order valence-electron chi connectivity index (χ0n) is 20.1. The van der Waals surface area contributed by atoms with Crippen LogP contribution in [-0.2, 0) is 13.0 Å². The van der Waals surface area contributed by atoms with Crippen molar-refractivity contribution in [2.24, 2.45) is 4.99 Å². The molecule has 0 spiro atoms. The first-order chi connectivity index (χ1) is 17.6. The molecule has 4 heterocycles. The van der Waals surface area contributed by atoms with E-state index in [-0.39, 0.29) is 0 Å². The van der Waals surface area contributed by atoms with E-state index in [2.05, 4.69) is 64.9 Å². The van der Waals surface area contributed by atoms with Gasteiger partial charge < -0.3 is 5.73 Å². The fourth-order valence-electron chi connectivity index (χ4n) is 4.79. The first kappa shape index (κ1) is 22.2. The summed E-state index contributed by atoms with van der Waals surface area (Å²) in [6.07, 6.45) is 2.38. The molecule has 2 N–H and O–H groups in total. The molecule has 3 aromatic heterocycles. The van der Waals surface area contributed by atoms with E-state index in [4.69, 9.17) is 15.8 Å². The van der Waals surface area contributed by atoms with E-state index in [1.165, 1.54) is 17.5 Å². The average molecular weight is 492 g/mol. The van der Waals surface area contributed by atoms with Crippen LogP contribution in [0.25, 0.3) is 28.0 Å². The summed E-state index contributed by atoms with van der Waals surface area (Å²) in [5.74, 6) is 1.24. The number of benzene rings is 2. The van der Waals surface area contributed by atoms with Crippen molar-refractivity contribution in [2.75, 3.05) is 10.6 Å². The molecular weight excluding hydrogens is 466 g/mol. The largest absolute Gasteiger partial charge is 0.383 e. The average Bonchev–Trinajstić information content (AvgIpc) is 3.46. The lowest BCUT2D eigenvalue weighted by Crippen LogP contribution is -2.35. The molecule has 1 aliphatic heterocycles. The van der Waals surface area contributed by atoms with Crippen molar-refractivity contribution < 1.29 is 0 Å². The third-order valence-corrected chi connectivity index (χ3v) is 7.50. The molecule has 0 saturated carbocycles. The van der Waals surface area contributed by atoms with Crippen LogP contribution in [0.3, 0.4) is 0 Å². The van der Waals surface area contributed by atoms with Crippen LogP contribution in [0, 0.1) is 6.92 Å². The first-order valence-corrected chi connectivity index (χ1v) is 12.7. The molecule has 8 heteroatoms. The van der Waals surface area contributed by atoms with Crippen molar-refractivity contribution in [3.8, 4) is 11.3 Å². The van der Waals surface area contributed by atoms with Crippen LogP contribution in [0.2, 0.25) is 0 Å². The zero-order valence-corrected chi connectivity index (χ0v) is 21.0. The molecule has 178 valence electrons. The molecule has 6 rings (SSSR count). The molecule has 0 saturated heterocycles. The highest BCUT2D eigenvalue weighted by molar-refractivity contribution is 7.14. The van der Waals surface area contributed by atoms with E-state index in [0.717, 1.165) is 50.8 Å². The van der Waals surface area contributed by atoms with Gasteiger partial charge in [0.1, 0.15) is 35.2 Å². The third-order valence-electron chi connectivity index (χ3n) is 6.51. The Morgan fingerprint density at radius 3 is 2.61 bits per heavy atom. The number of amidine groups is 1. The van der Waals surface area contributed by atoms with Crippen LogP contribution >= 0.6 is 11.3 Å². The van der Waals surface area contributed by atoms with Crippen LogP contribution < -0.4 is 10.6 Å². The van der Waals surface area contributed by atoms with Crippen LogP contribution in [-0.4, -0.2) is 25.6 Å². The van der Waals surface area contributed by atoms with Crippen LogP contribution in [0.4, 0.5) is 16.5 Å². The van der Waals surface area contributed by atoms with E-state index >= 15 is 0 Å². The van der Waals surface area contributed by atoms with Gasteiger partial charge in [0.25, 0.3) is 0 Å². The van der Waals surface area contributed by atoms with Gasteiger partial charge in [-0.25, -0.2) is 19.6 Å². The number of rotatable bonds is 5. The van der Waals surface area contributed by atoms with Gasteiger partial charge in [0.2, 0.25) is 0 Å². The smallest absolute Gasteiger partial charge is 0.164 e. The molecule has 36 heavy (non-hydrogen) atoms. The van der Waals surface area contributed by atoms with Crippen molar-refractivity contribution in [1.29, 1.82) is 0 Å². The maximum atomic E-state index is 6.33. The molecule has 0 bridgehead atoms. The van der Waals surface area contributed by atoms with Gasteiger partial charge in [0.15, 0.2) is 5.65 Å². The van der Waals surface area contributed by atoms with Gasteiger partial charge in [0.05, 0.1) is 16.8 Å². The number of nitrogens with zero attached hydrogens (tertiary/aromatic N) is 6. The van der Waals surface area contributed by atoms with Gasteiger partial charge in [-0.05, 0) is 35.9 Å². The van der Waals surface area contributed by atoms with E-state index < -0.39 is 0 Å². The normalized spacial score (nSPS) is 13.2. The Morgan fingerprint density at radius 2 is 1.81 bits per heavy atom. The number of anilines is 2. The van der Waals surface area contributed by atoms with E-state index in [9.17, 15) is 0 Å². The number of nitrogen functional groups attached to an aromatic ring is 1. The Kier molecular flexibility index (Phi) is 5.38. The lowest BCUT2D eigenvalue weighted by molar-refractivity contribution is 0.738. The number of aryl methyl sites for hydroxylation is 2. The molecule has 0 unspecified atom stereocenters. The topological polar surface area (TPSA) is 85.2 Å². The fraction of sp³-hybridized carbons (Fsp3) is 0.143. The molecule has 0 aliphatic carbocycles. The number of thiophene rings is 1. The van der Waals surface area contributed by atoms with Gasteiger partial charge in [-0.15, -0.1) is 11.3 Å². The number of aromatic nitrogens is 4. The van der Waals surface area contributed by atoms with Crippen molar-refractivity contribution in [3.05, 3.63) is 89.6 Å². The number of hydrogen-bond acceptors (Lipinski definition) is 7. The summed E-state index contributed by atoms with van der Waals surface area (Å²) in [6.45, 7) is 9.19. The zero-order chi connectivity index (χ0) is 24.8. The Labute approximate surface area is 213 Å². The van der Waals surface area contributed by atoms with Gasteiger partial charge in [0, 0.05) is 11.1 Å². The minimum absolute atomic E-state index is 0.396. The molecule has 1 aliphatic rings. The molecule has 0 amide bonds. The highest BCUT2D eigenvalue weighted by Gasteiger charge is 2.30. The summed E-state index contributed by atoms with van der Waals surface area (Å²) >= 11 is 1.64. The van der Waals surface area contributed by atoms with Crippen molar-refractivity contribution in [1.82, 2.24) is 19.7 Å². The quantitative estimate of drug-likeness (QED) is 0.315. The van der Waals surface area contributed by atoms with E-state index in [1.54, 1.807) is 11.3 Å². The van der Waals surface area contributed by atoms with Gasteiger partial charge in [-0.3, -0.25) is 4.90 Å². The van der Waals surface area contributed by atoms with Crippen molar-refractivity contribution >= 4 is 50.4 Å². The molecule has 7 nitrogen and oxygen atoms in total. The summed E-state index contributed by atoms with van der Waals surface area (Å²) < 4.78 is 1.87. The minimum Gasteiger partial charge on any atom is -0.383 e. The second-order valence-corrected chi connectivity index (χ2v) is 9.58. The SMILES string of the molecule is C=C1c2c(C)csc2N=C(Cn2nc(-c3ccccc3)c3c(N)ncnc32)N1c1ccccc1CC. The summed E-state index contributed by atoms with van der Waals surface area (Å²) in [4.78, 5) is 16.1. The molecular formula is C28H25N7S. The number of para-hydroxylation sites is 1. The number of fused-ring (bicyclic) bond motifs is 2. The first-order valence-electron chi connectivity index (χ1n) is 11.8. The van der Waals surface area contributed by atoms with Crippen molar-refractivity contribution in [3.63, 3.8) is 0 Å². The molecule has 2 aromatic carbocycles. The van der Waals surface area contributed by atoms with Gasteiger partial charge in [-0.1, -0.05) is 62.0 Å². The maximum Gasteiger partial charge on any atom is 0.164 e. The van der Waals surface area contributed by atoms with Crippen LogP contribution in [0.1, 0.15) is 23.6 Å². The monoisotopic (exact) mass is 491 g/mol. The van der Waals surface area contributed by atoms with Crippen LogP contribution in [0.5, 0.6) is 0 Å². The Balaban J connectivity index is 1.54.